The van der Waals surface area contributed by atoms with Gasteiger partial charge in [0, 0.05) is 18.8 Å². The Morgan fingerprint density at radius 1 is 1.05 bits per heavy atom. The lowest BCUT2D eigenvalue weighted by Crippen LogP contribution is -2.41. The van der Waals surface area contributed by atoms with Gasteiger partial charge in [0.05, 0.1) is 16.9 Å². The predicted octanol–water partition coefficient (Wildman–Crippen LogP) is 2.39. The lowest BCUT2D eigenvalue weighted by molar-refractivity contribution is 0.00578. The Morgan fingerprint density at radius 2 is 1.71 bits per heavy atom. The second kappa shape index (κ2) is 4.72. The number of rotatable bonds is 2. The molecule has 0 amide bonds. The summed E-state index contributed by atoms with van der Waals surface area (Å²) in [5.41, 5.74) is 2.41. The highest BCUT2D eigenvalue weighted by molar-refractivity contribution is 6.62. The van der Waals surface area contributed by atoms with E-state index in [0.717, 1.165) is 16.7 Å². The smallest absolute Gasteiger partial charge is 0.399 e. The SMILES string of the molecule is Cn1ccc(-c2cccc(B3OC(C)(C)C(C)(C)O3)c2)n1. The van der Waals surface area contributed by atoms with Crippen LogP contribution in [0, 0.1) is 0 Å². The molecule has 5 heteroatoms. The zero-order valence-electron chi connectivity index (χ0n) is 13.3. The first kappa shape index (κ1) is 14.4. The van der Waals surface area contributed by atoms with E-state index in [1.807, 2.05) is 31.4 Å². The van der Waals surface area contributed by atoms with Crippen LogP contribution in [0.15, 0.2) is 36.5 Å². The average Bonchev–Trinajstić information content (AvgIpc) is 2.92. The molecule has 0 unspecified atom stereocenters. The average molecular weight is 284 g/mol. The third kappa shape index (κ3) is 2.52. The fourth-order valence-electron chi connectivity index (χ4n) is 2.39. The summed E-state index contributed by atoms with van der Waals surface area (Å²) < 4.78 is 14.0. The van der Waals surface area contributed by atoms with Crippen LogP contribution in [-0.4, -0.2) is 28.1 Å². The summed E-state index contributed by atoms with van der Waals surface area (Å²) in [6.45, 7) is 8.26. The molecule has 4 nitrogen and oxygen atoms in total. The molecule has 1 aliphatic heterocycles. The molecule has 110 valence electrons. The van der Waals surface area contributed by atoms with E-state index in [-0.39, 0.29) is 18.3 Å². The van der Waals surface area contributed by atoms with Crippen LogP contribution in [0.1, 0.15) is 27.7 Å². The monoisotopic (exact) mass is 284 g/mol. The Morgan fingerprint density at radius 3 is 2.29 bits per heavy atom. The van der Waals surface area contributed by atoms with Gasteiger partial charge in [0.15, 0.2) is 0 Å². The van der Waals surface area contributed by atoms with E-state index < -0.39 is 0 Å². The molecule has 2 heterocycles. The van der Waals surface area contributed by atoms with Crippen LogP contribution in [-0.2, 0) is 16.4 Å². The van der Waals surface area contributed by atoms with E-state index >= 15 is 0 Å². The van der Waals surface area contributed by atoms with Gasteiger partial charge in [-0.3, -0.25) is 4.68 Å². The zero-order chi connectivity index (χ0) is 15.3. The molecule has 1 saturated heterocycles. The zero-order valence-corrected chi connectivity index (χ0v) is 13.3. The second-order valence-corrected chi connectivity index (χ2v) is 6.59. The minimum Gasteiger partial charge on any atom is -0.399 e. The predicted molar refractivity (Wildman–Crippen MR) is 84.4 cm³/mol. The first-order chi connectivity index (χ1) is 9.78. The van der Waals surface area contributed by atoms with Crippen LogP contribution >= 0.6 is 0 Å². The van der Waals surface area contributed by atoms with Gasteiger partial charge < -0.3 is 9.31 Å². The molecule has 0 atom stereocenters. The topological polar surface area (TPSA) is 36.3 Å². The van der Waals surface area contributed by atoms with Crippen molar-refractivity contribution >= 4 is 12.6 Å². The van der Waals surface area contributed by atoms with Gasteiger partial charge in [-0.15, -0.1) is 0 Å². The Balaban J connectivity index is 1.91. The van der Waals surface area contributed by atoms with Gasteiger partial charge in [0.2, 0.25) is 0 Å². The summed E-state index contributed by atoms with van der Waals surface area (Å²) in [5.74, 6) is 0. The minimum absolute atomic E-state index is 0.321. The maximum atomic E-state index is 6.10. The first-order valence-corrected chi connectivity index (χ1v) is 7.24. The van der Waals surface area contributed by atoms with Gasteiger partial charge in [-0.05, 0) is 39.2 Å². The molecular weight excluding hydrogens is 263 g/mol. The molecule has 21 heavy (non-hydrogen) atoms. The number of aryl methyl sites for hydroxylation is 1. The van der Waals surface area contributed by atoms with Crippen LogP contribution in [0.5, 0.6) is 0 Å². The molecule has 1 aromatic heterocycles. The highest BCUT2D eigenvalue weighted by Crippen LogP contribution is 2.36. The molecule has 1 aromatic carbocycles. The summed E-state index contributed by atoms with van der Waals surface area (Å²) in [6, 6.07) is 10.2. The highest BCUT2D eigenvalue weighted by atomic mass is 16.7. The molecular formula is C16H21BN2O2. The standard InChI is InChI=1S/C16H21BN2O2/c1-15(2)16(3,4)21-17(20-15)13-8-6-7-12(11-13)14-9-10-19(5)18-14/h6-11H,1-5H3. The summed E-state index contributed by atoms with van der Waals surface area (Å²) >= 11 is 0. The molecule has 0 saturated carbocycles. The van der Waals surface area contributed by atoms with E-state index in [2.05, 4.69) is 44.9 Å². The molecule has 1 aliphatic rings. The lowest BCUT2D eigenvalue weighted by atomic mass is 9.78. The number of hydrogen-bond acceptors (Lipinski definition) is 3. The number of hydrogen-bond donors (Lipinski definition) is 0. The van der Waals surface area contributed by atoms with Crippen molar-refractivity contribution in [1.29, 1.82) is 0 Å². The normalized spacial score (nSPS) is 20.0. The van der Waals surface area contributed by atoms with Crippen molar-refractivity contribution in [2.45, 2.75) is 38.9 Å². The summed E-state index contributed by atoms with van der Waals surface area (Å²) in [4.78, 5) is 0. The fraction of sp³-hybridized carbons (Fsp3) is 0.438. The first-order valence-electron chi connectivity index (χ1n) is 7.24. The largest absolute Gasteiger partial charge is 0.494 e. The number of aromatic nitrogens is 2. The second-order valence-electron chi connectivity index (χ2n) is 6.59. The van der Waals surface area contributed by atoms with E-state index in [1.165, 1.54) is 0 Å². The van der Waals surface area contributed by atoms with Crippen molar-refractivity contribution in [2.24, 2.45) is 7.05 Å². The Kier molecular flexibility index (Phi) is 3.22. The van der Waals surface area contributed by atoms with Crippen molar-refractivity contribution in [3.63, 3.8) is 0 Å². The molecule has 0 radical (unpaired) electrons. The van der Waals surface area contributed by atoms with E-state index in [4.69, 9.17) is 9.31 Å². The van der Waals surface area contributed by atoms with Crippen molar-refractivity contribution in [1.82, 2.24) is 9.78 Å². The minimum atomic E-state index is -0.335. The maximum absolute atomic E-state index is 6.10. The van der Waals surface area contributed by atoms with Gasteiger partial charge in [-0.2, -0.15) is 5.10 Å². The molecule has 3 rings (SSSR count). The highest BCUT2D eigenvalue weighted by Gasteiger charge is 2.51. The third-order valence-corrected chi connectivity index (χ3v) is 4.42. The quantitative estimate of drug-likeness (QED) is 0.794. The fourth-order valence-corrected chi connectivity index (χ4v) is 2.39. The Bertz CT molecular complexity index is 648. The molecule has 0 aliphatic carbocycles. The van der Waals surface area contributed by atoms with Crippen molar-refractivity contribution < 1.29 is 9.31 Å². The van der Waals surface area contributed by atoms with Gasteiger partial charge in [0.1, 0.15) is 0 Å². The Hall–Kier alpha value is -1.59. The van der Waals surface area contributed by atoms with Crippen LogP contribution in [0.3, 0.4) is 0 Å². The van der Waals surface area contributed by atoms with Crippen molar-refractivity contribution in [2.75, 3.05) is 0 Å². The lowest BCUT2D eigenvalue weighted by Gasteiger charge is -2.32. The third-order valence-electron chi connectivity index (χ3n) is 4.42. The van der Waals surface area contributed by atoms with Gasteiger partial charge in [-0.25, -0.2) is 0 Å². The van der Waals surface area contributed by atoms with Gasteiger partial charge in [0.25, 0.3) is 0 Å². The Labute approximate surface area is 126 Å². The summed E-state index contributed by atoms with van der Waals surface area (Å²) in [7, 11) is 1.58. The summed E-state index contributed by atoms with van der Waals surface area (Å²) in [5, 5.41) is 4.44. The van der Waals surface area contributed by atoms with Crippen molar-refractivity contribution in [3.05, 3.63) is 36.5 Å². The maximum Gasteiger partial charge on any atom is 0.494 e. The molecule has 0 bridgehead atoms. The number of benzene rings is 1. The number of nitrogens with zero attached hydrogens (tertiary/aromatic N) is 2. The van der Waals surface area contributed by atoms with Crippen LogP contribution in [0.4, 0.5) is 0 Å². The van der Waals surface area contributed by atoms with Crippen LogP contribution in [0.2, 0.25) is 0 Å². The van der Waals surface area contributed by atoms with Crippen molar-refractivity contribution in [3.8, 4) is 11.3 Å². The van der Waals surface area contributed by atoms with E-state index in [1.54, 1.807) is 4.68 Å². The molecule has 0 spiro atoms. The van der Waals surface area contributed by atoms with Crippen LogP contribution < -0.4 is 5.46 Å². The molecule has 0 N–H and O–H groups in total. The summed E-state index contributed by atoms with van der Waals surface area (Å²) in [6.07, 6.45) is 1.94. The van der Waals surface area contributed by atoms with E-state index in [9.17, 15) is 0 Å². The molecule has 1 fully saturated rings. The molecule has 2 aromatic rings. The van der Waals surface area contributed by atoms with Gasteiger partial charge in [-0.1, -0.05) is 24.3 Å². The van der Waals surface area contributed by atoms with Gasteiger partial charge >= 0.3 is 7.12 Å². The van der Waals surface area contributed by atoms with Crippen LogP contribution in [0.25, 0.3) is 11.3 Å². The van der Waals surface area contributed by atoms with E-state index in [0.29, 0.717) is 0 Å².